The topological polar surface area (TPSA) is 46.2 Å². The molecule has 1 N–H and O–H groups in total. The van der Waals surface area contributed by atoms with Crippen LogP contribution in [0.1, 0.15) is 35.6 Å². The molecule has 0 aromatic heterocycles. The van der Waals surface area contributed by atoms with Crippen molar-refractivity contribution in [2.24, 2.45) is 0 Å². The van der Waals surface area contributed by atoms with Gasteiger partial charge in [-0.1, -0.05) is 67.6 Å². The molecule has 3 rings (SSSR count). The van der Waals surface area contributed by atoms with Gasteiger partial charge >= 0.3 is 0 Å². The molecule has 0 spiro atoms. The molecular formula is C26H27NO2S. The van der Waals surface area contributed by atoms with Gasteiger partial charge in [0, 0.05) is 5.69 Å². The molecule has 0 bridgehead atoms. The van der Waals surface area contributed by atoms with Crippen LogP contribution in [0.2, 0.25) is 0 Å². The largest absolute Gasteiger partial charge is 0.280 e. The van der Waals surface area contributed by atoms with E-state index in [-0.39, 0.29) is 4.90 Å². The second kappa shape index (κ2) is 9.59. The first kappa shape index (κ1) is 21.6. The SMILES string of the molecule is C=CC/C(=C\c1ccc(C)cc1S(=O)(=O)Nc1ccccc1)c1ccccc1CC. The molecule has 3 aromatic carbocycles. The minimum Gasteiger partial charge on any atom is -0.280 e. The van der Waals surface area contributed by atoms with E-state index in [1.54, 1.807) is 30.3 Å². The molecule has 154 valence electrons. The highest BCUT2D eigenvalue weighted by Gasteiger charge is 2.19. The molecule has 3 aromatic rings. The number of allylic oxidation sites excluding steroid dienone is 2. The van der Waals surface area contributed by atoms with Gasteiger partial charge in [0.2, 0.25) is 0 Å². The molecule has 0 saturated heterocycles. The first-order chi connectivity index (χ1) is 14.4. The zero-order valence-electron chi connectivity index (χ0n) is 17.4. The third kappa shape index (κ3) is 5.08. The van der Waals surface area contributed by atoms with Crippen molar-refractivity contribution >= 4 is 27.4 Å². The van der Waals surface area contributed by atoms with Gasteiger partial charge in [0.25, 0.3) is 10.0 Å². The second-order valence-corrected chi connectivity index (χ2v) is 8.84. The van der Waals surface area contributed by atoms with Crippen LogP contribution in [-0.4, -0.2) is 8.42 Å². The Balaban J connectivity index is 2.12. The molecule has 0 atom stereocenters. The van der Waals surface area contributed by atoms with Gasteiger partial charge in [-0.3, -0.25) is 4.72 Å². The van der Waals surface area contributed by atoms with E-state index in [0.717, 1.165) is 23.1 Å². The number of hydrogen-bond acceptors (Lipinski definition) is 2. The van der Waals surface area contributed by atoms with Crippen molar-refractivity contribution in [3.8, 4) is 0 Å². The standard InChI is InChI=1S/C26H27NO2S/c1-4-11-22(25-15-10-9-12-21(25)5-2)19-23-17-16-20(3)18-26(23)30(28,29)27-24-13-7-6-8-14-24/h4,6-10,12-19,27H,1,5,11H2,2-3H3/b22-19+. The molecule has 0 heterocycles. The van der Waals surface area contributed by atoms with E-state index in [2.05, 4.69) is 30.4 Å². The van der Waals surface area contributed by atoms with Crippen LogP contribution in [0.5, 0.6) is 0 Å². The summed E-state index contributed by atoms with van der Waals surface area (Å²) in [7, 11) is -3.75. The highest BCUT2D eigenvalue weighted by Crippen LogP contribution is 2.29. The van der Waals surface area contributed by atoms with E-state index in [0.29, 0.717) is 17.7 Å². The molecule has 30 heavy (non-hydrogen) atoms. The number of sulfonamides is 1. The van der Waals surface area contributed by atoms with E-state index in [1.807, 2.05) is 49.4 Å². The average molecular weight is 418 g/mol. The molecule has 0 saturated carbocycles. The summed E-state index contributed by atoms with van der Waals surface area (Å²) in [5, 5.41) is 0. The second-order valence-electron chi connectivity index (χ2n) is 7.19. The number of benzene rings is 3. The lowest BCUT2D eigenvalue weighted by atomic mass is 9.94. The van der Waals surface area contributed by atoms with Crippen molar-refractivity contribution in [3.05, 3.63) is 108 Å². The minimum atomic E-state index is -3.75. The van der Waals surface area contributed by atoms with E-state index in [4.69, 9.17) is 0 Å². The lowest BCUT2D eigenvalue weighted by molar-refractivity contribution is 0.601. The number of hydrogen-bond donors (Lipinski definition) is 1. The fraction of sp³-hybridized carbons (Fsp3) is 0.154. The van der Waals surface area contributed by atoms with E-state index in [9.17, 15) is 8.42 Å². The quantitative estimate of drug-likeness (QED) is 0.337. The predicted octanol–water partition coefficient (Wildman–Crippen LogP) is 6.47. The number of anilines is 1. The van der Waals surface area contributed by atoms with Gasteiger partial charge in [-0.05, 0) is 71.9 Å². The molecule has 4 heteroatoms. The third-order valence-electron chi connectivity index (χ3n) is 4.92. The first-order valence-corrected chi connectivity index (χ1v) is 11.5. The van der Waals surface area contributed by atoms with Gasteiger partial charge in [-0.25, -0.2) is 8.42 Å². The fourth-order valence-corrected chi connectivity index (χ4v) is 4.78. The molecular weight excluding hydrogens is 390 g/mol. The van der Waals surface area contributed by atoms with Gasteiger partial charge in [0.05, 0.1) is 4.90 Å². The minimum absolute atomic E-state index is 0.266. The van der Waals surface area contributed by atoms with Crippen molar-refractivity contribution in [1.29, 1.82) is 0 Å². The van der Waals surface area contributed by atoms with Gasteiger partial charge in [0.15, 0.2) is 0 Å². The maximum Gasteiger partial charge on any atom is 0.262 e. The third-order valence-corrected chi connectivity index (χ3v) is 6.36. The van der Waals surface area contributed by atoms with Crippen molar-refractivity contribution < 1.29 is 8.42 Å². The van der Waals surface area contributed by atoms with Crippen molar-refractivity contribution in [1.82, 2.24) is 0 Å². The Hall–Kier alpha value is -3.11. The molecule has 0 amide bonds. The predicted molar refractivity (Wildman–Crippen MR) is 127 cm³/mol. The Morgan fingerprint density at radius 1 is 1.00 bits per heavy atom. The lowest BCUT2D eigenvalue weighted by Gasteiger charge is -2.14. The smallest absolute Gasteiger partial charge is 0.262 e. The molecule has 0 aliphatic rings. The van der Waals surface area contributed by atoms with Gasteiger partial charge in [-0.2, -0.15) is 0 Å². The Morgan fingerprint density at radius 2 is 1.70 bits per heavy atom. The Labute approximate surface area is 179 Å². The van der Waals surface area contributed by atoms with Crippen molar-refractivity contribution in [2.45, 2.75) is 31.6 Å². The molecule has 3 nitrogen and oxygen atoms in total. The summed E-state index contributed by atoms with van der Waals surface area (Å²) in [6, 6.07) is 22.7. The van der Waals surface area contributed by atoms with Gasteiger partial charge in [0.1, 0.15) is 0 Å². The number of nitrogens with one attached hydrogen (secondary N) is 1. The first-order valence-electron chi connectivity index (χ1n) is 10.0. The van der Waals surface area contributed by atoms with Crippen LogP contribution < -0.4 is 4.72 Å². The van der Waals surface area contributed by atoms with Crippen molar-refractivity contribution in [3.63, 3.8) is 0 Å². The Kier molecular flexibility index (Phi) is 6.91. The van der Waals surface area contributed by atoms with Gasteiger partial charge in [-0.15, -0.1) is 6.58 Å². The van der Waals surface area contributed by atoms with Gasteiger partial charge < -0.3 is 0 Å². The zero-order valence-corrected chi connectivity index (χ0v) is 18.2. The molecule has 0 fully saturated rings. The maximum atomic E-state index is 13.2. The highest BCUT2D eigenvalue weighted by molar-refractivity contribution is 7.92. The lowest BCUT2D eigenvalue weighted by Crippen LogP contribution is -2.14. The van der Waals surface area contributed by atoms with E-state index < -0.39 is 10.0 Å². The summed E-state index contributed by atoms with van der Waals surface area (Å²) in [6.07, 6.45) is 5.37. The van der Waals surface area contributed by atoms with Crippen LogP contribution in [0.4, 0.5) is 5.69 Å². The summed E-state index contributed by atoms with van der Waals surface area (Å²) >= 11 is 0. The van der Waals surface area contributed by atoms with Crippen LogP contribution in [0.15, 0.2) is 90.3 Å². The summed E-state index contributed by atoms with van der Waals surface area (Å²) in [5.41, 5.74) is 5.48. The highest BCUT2D eigenvalue weighted by atomic mass is 32.2. The maximum absolute atomic E-state index is 13.2. The number of para-hydroxylation sites is 1. The van der Waals surface area contributed by atoms with E-state index >= 15 is 0 Å². The molecule has 0 aliphatic heterocycles. The van der Waals surface area contributed by atoms with E-state index in [1.165, 1.54) is 5.56 Å². The normalized spacial score (nSPS) is 11.9. The summed E-state index contributed by atoms with van der Waals surface area (Å²) in [4.78, 5) is 0.266. The summed E-state index contributed by atoms with van der Waals surface area (Å²) < 4.78 is 29.1. The van der Waals surface area contributed by atoms with Crippen LogP contribution >= 0.6 is 0 Å². The Bertz CT molecular complexity index is 1160. The van der Waals surface area contributed by atoms with Crippen LogP contribution in [0.25, 0.3) is 11.6 Å². The molecule has 0 aliphatic carbocycles. The fourth-order valence-electron chi connectivity index (χ4n) is 3.44. The zero-order chi connectivity index (χ0) is 21.6. The average Bonchev–Trinajstić information content (AvgIpc) is 2.75. The number of aryl methyl sites for hydroxylation is 2. The van der Waals surface area contributed by atoms with Crippen LogP contribution in [0, 0.1) is 6.92 Å². The number of rotatable bonds is 8. The molecule has 0 radical (unpaired) electrons. The Morgan fingerprint density at radius 3 is 2.40 bits per heavy atom. The van der Waals surface area contributed by atoms with Crippen LogP contribution in [-0.2, 0) is 16.4 Å². The van der Waals surface area contributed by atoms with Crippen molar-refractivity contribution in [2.75, 3.05) is 4.72 Å². The van der Waals surface area contributed by atoms with Crippen LogP contribution in [0.3, 0.4) is 0 Å². The monoisotopic (exact) mass is 417 g/mol. The molecule has 0 unspecified atom stereocenters. The summed E-state index contributed by atoms with van der Waals surface area (Å²) in [5.74, 6) is 0. The summed E-state index contributed by atoms with van der Waals surface area (Å²) in [6.45, 7) is 7.91.